The zero-order valence-corrected chi connectivity index (χ0v) is 15.4. The summed E-state index contributed by atoms with van der Waals surface area (Å²) in [6.45, 7) is -0.120. The molecular weight excluding hydrogens is 381 g/mol. The molecule has 3 rings (SSSR count). The smallest absolute Gasteiger partial charge is 0.408 e. The van der Waals surface area contributed by atoms with E-state index in [1.165, 1.54) is 21.1 Å². The number of ether oxygens (including phenoxy) is 3. The minimum absolute atomic E-state index is 0.0189. The number of aromatic nitrogens is 3. The van der Waals surface area contributed by atoms with Gasteiger partial charge in [-0.05, 0) is 24.6 Å². The lowest BCUT2D eigenvalue weighted by Crippen LogP contribution is -2.43. The molecule has 11 heteroatoms. The highest BCUT2D eigenvalue weighted by Gasteiger charge is 2.38. The molecule has 1 fully saturated rings. The quantitative estimate of drug-likeness (QED) is 0.827. The van der Waals surface area contributed by atoms with E-state index in [1.807, 2.05) is 0 Å². The fourth-order valence-electron chi connectivity index (χ4n) is 3.05. The Bertz CT molecular complexity index is 869. The van der Waals surface area contributed by atoms with Crippen molar-refractivity contribution in [3.63, 3.8) is 0 Å². The van der Waals surface area contributed by atoms with Gasteiger partial charge in [0.15, 0.2) is 17.3 Å². The van der Waals surface area contributed by atoms with E-state index < -0.39 is 30.8 Å². The van der Waals surface area contributed by atoms with Gasteiger partial charge in [0.05, 0.1) is 20.3 Å². The van der Waals surface area contributed by atoms with E-state index in [0.717, 1.165) is 4.68 Å². The Balaban J connectivity index is 2.02. The Morgan fingerprint density at radius 2 is 2.00 bits per heavy atom. The minimum Gasteiger partial charge on any atom is -0.493 e. The first kappa shape index (κ1) is 19.9. The van der Waals surface area contributed by atoms with E-state index in [4.69, 9.17) is 14.2 Å². The van der Waals surface area contributed by atoms with Crippen LogP contribution < -0.4 is 14.8 Å². The first-order valence-electron chi connectivity index (χ1n) is 8.33. The van der Waals surface area contributed by atoms with Gasteiger partial charge in [-0.3, -0.25) is 4.79 Å². The second kappa shape index (κ2) is 7.66. The zero-order chi connectivity index (χ0) is 20.5. The van der Waals surface area contributed by atoms with Gasteiger partial charge in [0, 0.05) is 0 Å². The molecule has 1 N–H and O–H groups in total. The number of hydrogen-bond acceptors (Lipinski definition) is 6. The molecule has 1 aromatic carbocycles. The first-order valence-corrected chi connectivity index (χ1v) is 8.33. The van der Waals surface area contributed by atoms with Gasteiger partial charge < -0.3 is 19.5 Å². The summed E-state index contributed by atoms with van der Waals surface area (Å²) in [6.07, 6.45) is -5.44. The molecule has 0 spiro atoms. The summed E-state index contributed by atoms with van der Waals surface area (Å²) in [5.41, 5.74) is 0.565. The Labute approximate surface area is 158 Å². The fourth-order valence-corrected chi connectivity index (χ4v) is 3.05. The predicted molar refractivity (Wildman–Crippen MR) is 89.9 cm³/mol. The Hall–Kier alpha value is -2.82. The van der Waals surface area contributed by atoms with Crippen molar-refractivity contribution in [3.05, 3.63) is 35.4 Å². The summed E-state index contributed by atoms with van der Waals surface area (Å²) in [5, 5.41) is 6.57. The number of benzene rings is 1. The standard InChI is InChI=1S/C17H19F3N4O4/c1-9-21-16(24(23-9)8-17(18,19)20)15-14(22-13(25)7-28-15)10-4-5-11(26-2)12(6-10)27-3/h4-6,14-15H,7-8H2,1-3H3,(H,22,25)/t14-,15+/m1/s1. The highest BCUT2D eigenvalue weighted by Crippen LogP contribution is 2.38. The molecule has 0 radical (unpaired) electrons. The van der Waals surface area contributed by atoms with Crippen LogP contribution in [0.5, 0.6) is 11.5 Å². The van der Waals surface area contributed by atoms with Gasteiger partial charge in [0.1, 0.15) is 25.1 Å². The number of alkyl halides is 3. The predicted octanol–water partition coefficient (Wildman–Crippen LogP) is 2.09. The van der Waals surface area contributed by atoms with E-state index >= 15 is 0 Å². The van der Waals surface area contributed by atoms with Crippen LogP contribution in [0.4, 0.5) is 13.2 Å². The van der Waals surface area contributed by atoms with Crippen LogP contribution in [0.2, 0.25) is 0 Å². The summed E-state index contributed by atoms with van der Waals surface area (Å²) in [4.78, 5) is 16.0. The summed E-state index contributed by atoms with van der Waals surface area (Å²) in [5.74, 6) is 0.642. The molecule has 1 aromatic heterocycles. The number of nitrogens with zero attached hydrogens (tertiary/aromatic N) is 3. The molecule has 0 unspecified atom stereocenters. The number of nitrogens with one attached hydrogen (secondary N) is 1. The number of methoxy groups -OCH3 is 2. The Morgan fingerprint density at radius 3 is 2.64 bits per heavy atom. The van der Waals surface area contributed by atoms with Crippen molar-refractivity contribution in [2.45, 2.75) is 31.8 Å². The average molecular weight is 400 g/mol. The van der Waals surface area contributed by atoms with Gasteiger partial charge in [-0.2, -0.15) is 18.3 Å². The molecule has 152 valence electrons. The normalized spacial score (nSPS) is 20.0. The van der Waals surface area contributed by atoms with Crippen molar-refractivity contribution in [1.82, 2.24) is 20.1 Å². The van der Waals surface area contributed by atoms with Gasteiger partial charge in [0.25, 0.3) is 0 Å². The van der Waals surface area contributed by atoms with Crippen molar-refractivity contribution >= 4 is 5.91 Å². The van der Waals surface area contributed by atoms with Crippen LogP contribution in [0.3, 0.4) is 0 Å². The molecule has 1 aliphatic heterocycles. The van der Waals surface area contributed by atoms with Crippen molar-refractivity contribution in [2.75, 3.05) is 20.8 Å². The number of carbonyl (C=O) groups excluding carboxylic acids is 1. The zero-order valence-electron chi connectivity index (χ0n) is 15.4. The number of amides is 1. The average Bonchev–Trinajstić information content (AvgIpc) is 2.99. The molecule has 0 saturated carbocycles. The molecule has 1 amide bonds. The summed E-state index contributed by atoms with van der Waals surface area (Å²) in [6, 6.07) is 4.16. The summed E-state index contributed by atoms with van der Waals surface area (Å²) >= 11 is 0. The fraction of sp³-hybridized carbons (Fsp3) is 0.471. The number of hydrogen-bond donors (Lipinski definition) is 1. The SMILES string of the molecule is COc1ccc([C@H]2NC(=O)CO[C@@H]2c2nc(C)nn2CC(F)(F)F)cc1OC. The third-order valence-electron chi connectivity index (χ3n) is 4.17. The topological polar surface area (TPSA) is 87.5 Å². The number of halogens is 3. The molecule has 1 aliphatic rings. The molecular formula is C17H19F3N4O4. The van der Waals surface area contributed by atoms with E-state index in [0.29, 0.717) is 17.1 Å². The largest absolute Gasteiger partial charge is 0.493 e. The lowest BCUT2D eigenvalue weighted by Gasteiger charge is -2.32. The van der Waals surface area contributed by atoms with Crippen LogP contribution in [0.1, 0.15) is 29.4 Å². The van der Waals surface area contributed by atoms with E-state index in [9.17, 15) is 18.0 Å². The Kier molecular flexibility index (Phi) is 5.45. The van der Waals surface area contributed by atoms with Crippen LogP contribution in [0, 0.1) is 6.92 Å². The molecule has 8 nitrogen and oxygen atoms in total. The second-order valence-corrected chi connectivity index (χ2v) is 6.18. The van der Waals surface area contributed by atoms with Crippen molar-refractivity contribution in [2.24, 2.45) is 0 Å². The maximum absolute atomic E-state index is 12.9. The van der Waals surface area contributed by atoms with Gasteiger partial charge in [-0.15, -0.1) is 0 Å². The van der Waals surface area contributed by atoms with Crippen molar-refractivity contribution in [1.29, 1.82) is 0 Å². The lowest BCUT2D eigenvalue weighted by molar-refractivity contribution is -0.147. The summed E-state index contributed by atoms with van der Waals surface area (Å²) in [7, 11) is 2.94. The molecule has 0 bridgehead atoms. The van der Waals surface area contributed by atoms with Gasteiger partial charge in [-0.25, -0.2) is 9.67 Å². The highest BCUT2D eigenvalue weighted by atomic mass is 19.4. The van der Waals surface area contributed by atoms with Crippen LogP contribution >= 0.6 is 0 Å². The van der Waals surface area contributed by atoms with Crippen molar-refractivity contribution < 1.29 is 32.2 Å². The van der Waals surface area contributed by atoms with Gasteiger partial charge >= 0.3 is 6.18 Å². The Morgan fingerprint density at radius 1 is 1.29 bits per heavy atom. The lowest BCUT2D eigenvalue weighted by atomic mass is 9.98. The maximum Gasteiger partial charge on any atom is 0.408 e. The van der Waals surface area contributed by atoms with E-state index in [2.05, 4.69) is 15.4 Å². The number of carbonyl (C=O) groups is 1. The van der Waals surface area contributed by atoms with Gasteiger partial charge in [0.2, 0.25) is 5.91 Å². The molecule has 2 aromatic rings. The monoisotopic (exact) mass is 400 g/mol. The van der Waals surface area contributed by atoms with Crippen LogP contribution in [-0.4, -0.2) is 47.7 Å². The highest BCUT2D eigenvalue weighted by molar-refractivity contribution is 5.78. The molecule has 28 heavy (non-hydrogen) atoms. The minimum atomic E-state index is -4.48. The molecule has 2 heterocycles. The van der Waals surface area contributed by atoms with Crippen LogP contribution in [-0.2, 0) is 16.1 Å². The molecule has 0 aliphatic carbocycles. The van der Waals surface area contributed by atoms with Crippen LogP contribution in [0.15, 0.2) is 18.2 Å². The third-order valence-corrected chi connectivity index (χ3v) is 4.17. The third kappa shape index (κ3) is 4.19. The number of morpholine rings is 1. The van der Waals surface area contributed by atoms with Gasteiger partial charge in [-0.1, -0.05) is 6.07 Å². The number of aryl methyl sites for hydroxylation is 1. The van der Waals surface area contributed by atoms with E-state index in [-0.39, 0.29) is 18.3 Å². The van der Waals surface area contributed by atoms with E-state index in [1.54, 1.807) is 18.2 Å². The molecule has 1 saturated heterocycles. The van der Waals surface area contributed by atoms with Crippen LogP contribution in [0.25, 0.3) is 0 Å². The van der Waals surface area contributed by atoms with Crippen molar-refractivity contribution in [3.8, 4) is 11.5 Å². The first-order chi connectivity index (χ1) is 13.2. The molecule has 2 atom stereocenters. The number of rotatable bonds is 5. The summed E-state index contributed by atoms with van der Waals surface area (Å²) < 4.78 is 55.6. The maximum atomic E-state index is 12.9. The second-order valence-electron chi connectivity index (χ2n) is 6.18.